The second kappa shape index (κ2) is 5.95. The first-order valence-electron chi connectivity index (χ1n) is 7.84. The van der Waals surface area contributed by atoms with Crippen LogP contribution in [0.3, 0.4) is 0 Å². The fourth-order valence-electron chi connectivity index (χ4n) is 3.20. The van der Waals surface area contributed by atoms with Crippen LogP contribution >= 0.6 is 0 Å². The van der Waals surface area contributed by atoms with Gasteiger partial charge in [-0.3, -0.25) is 9.89 Å². The number of halogens is 3. The molecule has 0 radical (unpaired) electrons. The number of pyridine rings is 1. The molecule has 1 aliphatic rings. The van der Waals surface area contributed by atoms with E-state index in [2.05, 4.69) is 15.2 Å². The fraction of sp³-hybridized carbons (Fsp3) is 0.533. The highest BCUT2D eigenvalue weighted by atomic mass is 19.4. The maximum atomic E-state index is 13.4. The van der Waals surface area contributed by atoms with Gasteiger partial charge in [0.2, 0.25) is 5.91 Å². The zero-order valence-corrected chi connectivity index (χ0v) is 13.2. The Kier molecular flexibility index (Phi) is 4.10. The molecule has 0 saturated carbocycles. The Hall–Kier alpha value is -2.32. The number of nitrogen functional groups attached to an aromatic ring is 1. The highest BCUT2D eigenvalue weighted by molar-refractivity contribution is 5.90. The maximum Gasteiger partial charge on any atom is 0.417 e. The number of carbonyl (C=O) groups excluding carboxylic acids is 1. The van der Waals surface area contributed by atoms with Gasteiger partial charge in [-0.05, 0) is 25.3 Å². The predicted molar refractivity (Wildman–Crippen MR) is 81.9 cm³/mol. The fourth-order valence-corrected chi connectivity index (χ4v) is 3.20. The number of nitrogens with two attached hydrogens (primary N) is 1. The number of carbonyl (C=O) groups is 1. The van der Waals surface area contributed by atoms with Crippen molar-refractivity contribution in [2.24, 2.45) is 0 Å². The van der Waals surface area contributed by atoms with Gasteiger partial charge in [-0.25, -0.2) is 4.98 Å². The Morgan fingerprint density at radius 1 is 1.46 bits per heavy atom. The van der Waals surface area contributed by atoms with Crippen LogP contribution in [0, 0.1) is 0 Å². The molecule has 2 aromatic rings. The van der Waals surface area contributed by atoms with Crippen LogP contribution < -0.4 is 5.73 Å². The molecule has 1 fully saturated rings. The van der Waals surface area contributed by atoms with Gasteiger partial charge in [0.05, 0.1) is 22.7 Å². The van der Waals surface area contributed by atoms with E-state index in [1.54, 1.807) is 11.8 Å². The van der Waals surface area contributed by atoms with Gasteiger partial charge < -0.3 is 10.6 Å². The third kappa shape index (κ3) is 2.78. The molecular weight excluding hydrogens is 323 g/mol. The van der Waals surface area contributed by atoms with Crippen LogP contribution in [0.1, 0.15) is 49.9 Å². The number of amides is 1. The predicted octanol–water partition coefficient (Wildman–Crippen LogP) is 3.02. The van der Waals surface area contributed by atoms with E-state index in [9.17, 15) is 18.0 Å². The second-order valence-electron chi connectivity index (χ2n) is 5.88. The minimum Gasteiger partial charge on any atom is -0.383 e. The largest absolute Gasteiger partial charge is 0.417 e. The summed E-state index contributed by atoms with van der Waals surface area (Å²) in [5.74, 6) is -0.252. The SMILES string of the molecule is CCC(=O)N1CCCC[C@@H]1c1cc(C(F)(F)F)c2c(N)[nH]nc2n1. The van der Waals surface area contributed by atoms with Crippen molar-refractivity contribution < 1.29 is 18.0 Å². The van der Waals surface area contributed by atoms with Crippen molar-refractivity contribution in [1.82, 2.24) is 20.1 Å². The van der Waals surface area contributed by atoms with Gasteiger partial charge in [0.15, 0.2) is 5.65 Å². The number of hydrogen-bond acceptors (Lipinski definition) is 4. The summed E-state index contributed by atoms with van der Waals surface area (Å²) in [5.41, 5.74) is 4.84. The molecule has 9 heteroatoms. The minimum absolute atomic E-state index is 0.0770. The topological polar surface area (TPSA) is 87.9 Å². The molecule has 0 spiro atoms. The third-order valence-electron chi connectivity index (χ3n) is 4.34. The molecule has 6 nitrogen and oxygen atoms in total. The first kappa shape index (κ1) is 16.5. The smallest absolute Gasteiger partial charge is 0.383 e. The van der Waals surface area contributed by atoms with Gasteiger partial charge in [0.25, 0.3) is 0 Å². The molecule has 1 saturated heterocycles. The molecule has 0 unspecified atom stereocenters. The van der Waals surface area contributed by atoms with Crippen LogP contribution in [-0.4, -0.2) is 32.5 Å². The molecule has 0 aliphatic carbocycles. The van der Waals surface area contributed by atoms with Crippen molar-refractivity contribution in [2.45, 2.75) is 44.8 Å². The van der Waals surface area contributed by atoms with E-state index in [0.717, 1.165) is 18.9 Å². The number of piperidine rings is 1. The number of nitrogens with one attached hydrogen (secondary N) is 1. The number of likely N-dealkylation sites (tertiary alicyclic amines) is 1. The average Bonchev–Trinajstić information content (AvgIpc) is 2.93. The molecule has 0 bridgehead atoms. The van der Waals surface area contributed by atoms with Gasteiger partial charge >= 0.3 is 6.18 Å². The number of aromatic amines is 1. The summed E-state index contributed by atoms with van der Waals surface area (Å²) in [5, 5.41) is 5.90. The van der Waals surface area contributed by atoms with Gasteiger partial charge in [-0.15, -0.1) is 0 Å². The summed E-state index contributed by atoms with van der Waals surface area (Å²) in [6.45, 7) is 2.27. The normalized spacial score (nSPS) is 19.0. The molecule has 2 aromatic heterocycles. The molecule has 3 heterocycles. The lowest BCUT2D eigenvalue weighted by Crippen LogP contribution is -2.38. The first-order chi connectivity index (χ1) is 11.3. The zero-order chi connectivity index (χ0) is 17.5. The summed E-state index contributed by atoms with van der Waals surface area (Å²) in [4.78, 5) is 18.0. The summed E-state index contributed by atoms with van der Waals surface area (Å²) in [7, 11) is 0. The van der Waals surface area contributed by atoms with E-state index in [0.29, 0.717) is 19.4 Å². The van der Waals surface area contributed by atoms with Crippen LogP contribution in [0.2, 0.25) is 0 Å². The summed E-state index contributed by atoms with van der Waals surface area (Å²) >= 11 is 0. The van der Waals surface area contributed by atoms with Crippen LogP contribution in [0.4, 0.5) is 19.0 Å². The molecule has 24 heavy (non-hydrogen) atoms. The highest BCUT2D eigenvalue weighted by Gasteiger charge is 2.37. The molecule has 1 aliphatic heterocycles. The van der Waals surface area contributed by atoms with Crippen molar-refractivity contribution >= 4 is 22.8 Å². The van der Waals surface area contributed by atoms with Crippen molar-refractivity contribution in [3.8, 4) is 0 Å². The van der Waals surface area contributed by atoms with E-state index in [4.69, 9.17) is 5.73 Å². The van der Waals surface area contributed by atoms with E-state index in [-0.39, 0.29) is 28.5 Å². The molecule has 1 atom stereocenters. The number of fused-ring (bicyclic) bond motifs is 1. The number of alkyl halides is 3. The number of anilines is 1. The monoisotopic (exact) mass is 341 g/mol. The Balaban J connectivity index is 2.13. The summed E-state index contributed by atoms with van der Waals surface area (Å²) in [6, 6.07) is 0.537. The second-order valence-corrected chi connectivity index (χ2v) is 5.88. The van der Waals surface area contributed by atoms with Crippen molar-refractivity contribution in [1.29, 1.82) is 0 Å². The zero-order valence-electron chi connectivity index (χ0n) is 13.2. The van der Waals surface area contributed by atoms with E-state index in [1.807, 2.05) is 0 Å². The van der Waals surface area contributed by atoms with Gasteiger partial charge in [-0.2, -0.15) is 18.3 Å². The lowest BCUT2D eigenvalue weighted by Gasteiger charge is -2.35. The Bertz CT molecular complexity index is 770. The van der Waals surface area contributed by atoms with Crippen molar-refractivity contribution in [2.75, 3.05) is 12.3 Å². The molecule has 3 rings (SSSR count). The van der Waals surface area contributed by atoms with E-state index >= 15 is 0 Å². The van der Waals surface area contributed by atoms with Gasteiger partial charge in [-0.1, -0.05) is 6.92 Å². The lowest BCUT2D eigenvalue weighted by molar-refractivity contribution is -0.136. The molecule has 1 amide bonds. The molecule has 3 N–H and O–H groups in total. The lowest BCUT2D eigenvalue weighted by atomic mass is 9.96. The van der Waals surface area contributed by atoms with Crippen molar-refractivity contribution in [3.63, 3.8) is 0 Å². The summed E-state index contributed by atoms with van der Waals surface area (Å²) < 4.78 is 40.3. The Morgan fingerprint density at radius 3 is 2.88 bits per heavy atom. The molecule has 130 valence electrons. The standard InChI is InChI=1S/C15H18F3N5O/c1-2-11(24)23-6-4-3-5-10(23)9-7-8(15(16,17)18)12-13(19)21-22-14(12)20-9/h7,10H,2-6H2,1H3,(H3,19,20,21,22)/t10-/m1/s1. The van der Waals surface area contributed by atoms with Crippen LogP contribution in [0.25, 0.3) is 11.0 Å². The van der Waals surface area contributed by atoms with E-state index < -0.39 is 17.8 Å². The van der Waals surface area contributed by atoms with Crippen molar-refractivity contribution in [3.05, 3.63) is 17.3 Å². The van der Waals surface area contributed by atoms with Gasteiger partial charge in [0, 0.05) is 13.0 Å². The highest BCUT2D eigenvalue weighted by Crippen LogP contribution is 2.39. The van der Waals surface area contributed by atoms with E-state index in [1.165, 1.54) is 0 Å². The molecular formula is C15H18F3N5O. The number of rotatable bonds is 2. The van der Waals surface area contributed by atoms with Gasteiger partial charge in [0.1, 0.15) is 5.82 Å². The minimum atomic E-state index is -4.58. The first-order valence-corrected chi connectivity index (χ1v) is 7.84. The number of aromatic nitrogens is 3. The Morgan fingerprint density at radius 2 is 2.21 bits per heavy atom. The number of nitrogens with zero attached hydrogens (tertiary/aromatic N) is 3. The number of hydrogen-bond donors (Lipinski definition) is 2. The summed E-state index contributed by atoms with van der Waals surface area (Å²) in [6.07, 6.45) is -2.02. The van der Waals surface area contributed by atoms with Crippen LogP contribution in [0.15, 0.2) is 6.07 Å². The Labute approximate surface area is 136 Å². The average molecular weight is 341 g/mol. The quantitative estimate of drug-likeness (QED) is 0.879. The van der Waals surface area contributed by atoms with Crippen LogP contribution in [-0.2, 0) is 11.0 Å². The third-order valence-corrected chi connectivity index (χ3v) is 4.34. The number of H-pyrrole nitrogens is 1. The van der Waals surface area contributed by atoms with Crippen LogP contribution in [0.5, 0.6) is 0 Å². The molecule has 0 aromatic carbocycles. The maximum absolute atomic E-state index is 13.4.